The highest BCUT2D eigenvalue weighted by molar-refractivity contribution is 5.96. The minimum atomic E-state index is -4.56. The fraction of sp³-hybridized carbons (Fsp3) is 0.516. The highest BCUT2D eigenvalue weighted by Gasteiger charge is 2.39. The molecule has 0 radical (unpaired) electrons. The quantitative estimate of drug-likeness (QED) is 0.460. The SMILES string of the molecule is O=C(CNC(=O)c1cccc(C(F)(F)F)c1)N[C@@H]1CCN(C2CCC(O)(c3ccc(C(=O)N4CCCC4)cc3)CC2)C1. The summed E-state index contributed by atoms with van der Waals surface area (Å²) >= 11 is 0. The molecule has 0 bridgehead atoms. The number of carbonyl (C=O) groups is 3. The van der Waals surface area contributed by atoms with Gasteiger partial charge in [0.15, 0.2) is 0 Å². The molecule has 0 aromatic heterocycles. The van der Waals surface area contributed by atoms with Crippen LogP contribution in [0.4, 0.5) is 13.2 Å². The summed E-state index contributed by atoms with van der Waals surface area (Å²) in [6.45, 7) is 2.73. The smallest absolute Gasteiger partial charge is 0.385 e. The Morgan fingerprint density at radius 3 is 2.29 bits per heavy atom. The van der Waals surface area contributed by atoms with Crippen LogP contribution in [0.25, 0.3) is 0 Å². The second kappa shape index (κ2) is 12.4. The normalized spacial score (nSPS) is 24.9. The number of alkyl halides is 3. The summed E-state index contributed by atoms with van der Waals surface area (Å²) in [6.07, 6.45) is 1.09. The first kappa shape index (κ1) is 30.0. The lowest BCUT2D eigenvalue weighted by Gasteiger charge is -2.40. The summed E-state index contributed by atoms with van der Waals surface area (Å²) < 4.78 is 38.7. The predicted molar refractivity (Wildman–Crippen MR) is 150 cm³/mol. The van der Waals surface area contributed by atoms with Crippen LogP contribution in [-0.2, 0) is 16.6 Å². The monoisotopic (exact) mass is 586 g/mol. The number of benzene rings is 2. The van der Waals surface area contributed by atoms with Crippen LogP contribution in [0.1, 0.15) is 76.8 Å². The highest BCUT2D eigenvalue weighted by atomic mass is 19.4. The van der Waals surface area contributed by atoms with Gasteiger partial charge in [-0.1, -0.05) is 18.2 Å². The summed E-state index contributed by atoms with van der Waals surface area (Å²) in [4.78, 5) is 41.6. The van der Waals surface area contributed by atoms with Gasteiger partial charge in [0.05, 0.1) is 17.7 Å². The van der Waals surface area contributed by atoms with E-state index in [1.807, 2.05) is 29.2 Å². The Morgan fingerprint density at radius 1 is 0.929 bits per heavy atom. The zero-order valence-electron chi connectivity index (χ0n) is 23.5. The number of carbonyl (C=O) groups excluding carboxylic acids is 3. The van der Waals surface area contributed by atoms with Crippen molar-refractivity contribution >= 4 is 17.7 Å². The maximum absolute atomic E-state index is 12.9. The van der Waals surface area contributed by atoms with Gasteiger partial charge in [-0.2, -0.15) is 13.2 Å². The van der Waals surface area contributed by atoms with Gasteiger partial charge in [-0.3, -0.25) is 19.3 Å². The molecular formula is C31H37F3N4O4. The summed E-state index contributed by atoms with van der Waals surface area (Å²) in [5, 5.41) is 16.7. The minimum Gasteiger partial charge on any atom is -0.385 e. The zero-order chi connectivity index (χ0) is 29.9. The van der Waals surface area contributed by atoms with Crippen LogP contribution in [0, 0.1) is 0 Å². The number of rotatable bonds is 7. The predicted octanol–water partition coefficient (Wildman–Crippen LogP) is 3.69. The van der Waals surface area contributed by atoms with Crippen molar-refractivity contribution in [1.82, 2.24) is 20.4 Å². The van der Waals surface area contributed by atoms with E-state index in [1.165, 1.54) is 6.07 Å². The van der Waals surface area contributed by atoms with E-state index in [-0.39, 0.29) is 30.1 Å². The van der Waals surface area contributed by atoms with Crippen LogP contribution in [0.2, 0.25) is 0 Å². The Bertz CT molecular complexity index is 1290. The van der Waals surface area contributed by atoms with Crippen LogP contribution < -0.4 is 10.6 Å². The molecule has 2 aromatic carbocycles. The number of hydrogen-bond acceptors (Lipinski definition) is 5. The van der Waals surface area contributed by atoms with Gasteiger partial charge >= 0.3 is 6.18 Å². The van der Waals surface area contributed by atoms with Crippen LogP contribution in [0.5, 0.6) is 0 Å². The van der Waals surface area contributed by atoms with Crippen molar-refractivity contribution in [1.29, 1.82) is 0 Å². The first-order valence-corrected chi connectivity index (χ1v) is 14.6. The van der Waals surface area contributed by atoms with Crippen LogP contribution >= 0.6 is 0 Å². The maximum atomic E-state index is 12.9. The molecule has 42 heavy (non-hydrogen) atoms. The minimum absolute atomic E-state index is 0.0449. The molecule has 1 aliphatic carbocycles. The van der Waals surface area contributed by atoms with E-state index in [4.69, 9.17) is 0 Å². The number of aliphatic hydroxyl groups is 1. The van der Waals surface area contributed by atoms with Gasteiger partial charge in [0.1, 0.15) is 0 Å². The number of nitrogens with zero attached hydrogens (tertiary/aromatic N) is 2. The molecule has 226 valence electrons. The summed E-state index contributed by atoms with van der Waals surface area (Å²) in [5.41, 5.74) is -0.532. The van der Waals surface area contributed by atoms with E-state index in [2.05, 4.69) is 15.5 Å². The van der Waals surface area contributed by atoms with E-state index >= 15 is 0 Å². The average molecular weight is 587 g/mol. The van der Waals surface area contributed by atoms with Crippen molar-refractivity contribution in [2.45, 2.75) is 68.8 Å². The summed E-state index contributed by atoms with van der Waals surface area (Å²) in [6, 6.07) is 11.6. The third-order valence-electron chi connectivity index (χ3n) is 8.81. The fourth-order valence-electron chi connectivity index (χ4n) is 6.37. The molecule has 0 unspecified atom stereocenters. The molecule has 2 aliphatic heterocycles. The van der Waals surface area contributed by atoms with Crippen molar-refractivity contribution in [3.63, 3.8) is 0 Å². The third kappa shape index (κ3) is 6.95. The molecule has 3 aliphatic rings. The molecule has 2 heterocycles. The van der Waals surface area contributed by atoms with Gasteiger partial charge in [0, 0.05) is 49.4 Å². The molecule has 3 N–H and O–H groups in total. The van der Waals surface area contributed by atoms with Crippen LogP contribution in [0.3, 0.4) is 0 Å². The fourth-order valence-corrected chi connectivity index (χ4v) is 6.37. The molecule has 2 saturated heterocycles. The summed E-state index contributed by atoms with van der Waals surface area (Å²) in [7, 11) is 0. The number of likely N-dealkylation sites (tertiary alicyclic amines) is 2. The lowest BCUT2D eigenvalue weighted by Crippen LogP contribution is -2.45. The topological polar surface area (TPSA) is 102 Å². The molecule has 3 amide bonds. The molecular weight excluding hydrogens is 549 g/mol. The molecule has 1 atom stereocenters. The van der Waals surface area contributed by atoms with Crippen molar-refractivity contribution in [3.05, 3.63) is 70.8 Å². The first-order valence-electron chi connectivity index (χ1n) is 14.6. The number of halogens is 3. The second-order valence-electron chi connectivity index (χ2n) is 11.6. The van der Waals surface area contributed by atoms with Gasteiger partial charge in [0.25, 0.3) is 11.8 Å². The van der Waals surface area contributed by atoms with Crippen LogP contribution in [-0.4, -0.2) is 77.4 Å². The van der Waals surface area contributed by atoms with E-state index in [1.54, 1.807) is 0 Å². The molecule has 5 rings (SSSR count). The van der Waals surface area contributed by atoms with Crippen molar-refractivity contribution in [2.24, 2.45) is 0 Å². The van der Waals surface area contributed by atoms with Gasteiger partial charge in [0.2, 0.25) is 5.91 Å². The Hall–Kier alpha value is -3.44. The van der Waals surface area contributed by atoms with Crippen molar-refractivity contribution < 1.29 is 32.7 Å². The van der Waals surface area contributed by atoms with Gasteiger partial charge < -0.3 is 20.6 Å². The van der Waals surface area contributed by atoms with Crippen molar-refractivity contribution in [2.75, 3.05) is 32.7 Å². The maximum Gasteiger partial charge on any atom is 0.416 e. The van der Waals surface area contributed by atoms with Crippen LogP contribution in [0.15, 0.2) is 48.5 Å². The lowest BCUT2D eigenvalue weighted by molar-refractivity contribution is -0.137. The Kier molecular flexibility index (Phi) is 8.89. The molecule has 3 fully saturated rings. The van der Waals surface area contributed by atoms with Crippen molar-refractivity contribution in [3.8, 4) is 0 Å². The molecule has 11 heteroatoms. The van der Waals surface area contributed by atoms with Gasteiger partial charge in [-0.05, 0) is 80.8 Å². The Labute approximate surface area is 243 Å². The molecule has 1 saturated carbocycles. The standard InChI is InChI=1S/C31H37F3N4O4/c32-31(33,34)24-5-3-4-22(18-24)28(40)35-19-27(39)36-25-12-17-38(20-25)26-10-13-30(42,14-11-26)23-8-6-21(7-9-23)29(41)37-15-1-2-16-37/h3-9,18,25-26,42H,1-2,10-17,19-20H2,(H,35,40)(H,36,39)/t25-,26?,30?/m1/s1. The molecule has 0 spiro atoms. The number of hydrogen-bond donors (Lipinski definition) is 3. The second-order valence-corrected chi connectivity index (χ2v) is 11.6. The Balaban J connectivity index is 1.06. The van der Waals surface area contributed by atoms with E-state index in [0.717, 1.165) is 75.5 Å². The number of amides is 3. The third-order valence-corrected chi connectivity index (χ3v) is 8.81. The largest absolute Gasteiger partial charge is 0.416 e. The van der Waals surface area contributed by atoms with Gasteiger partial charge in [-0.25, -0.2) is 0 Å². The average Bonchev–Trinajstić information content (AvgIpc) is 3.69. The van der Waals surface area contributed by atoms with E-state index in [9.17, 15) is 32.7 Å². The molecule has 8 nitrogen and oxygen atoms in total. The van der Waals surface area contributed by atoms with Gasteiger partial charge in [-0.15, -0.1) is 0 Å². The van der Waals surface area contributed by atoms with E-state index < -0.39 is 29.2 Å². The Morgan fingerprint density at radius 2 is 1.62 bits per heavy atom. The first-order chi connectivity index (χ1) is 20.0. The number of nitrogens with one attached hydrogen (secondary N) is 2. The highest BCUT2D eigenvalue weighted by Crippen LogP contribution is 2.39. The molecule has 2 aromatic rings. The zero-order valence-corrected chi connectivity index (χ0v) is 23.5. The van der Waals surface area contributed by atoms with E-state index in [0.29, 0.717) is 24.9 Å². The summed E-state index contributed by atoms with van der Waals surface area (Å²) in [5.74, 6) is -1.10. The lowest BCUT2D eigenvalue weighted by atomic mass is 9.77.